The monoisotopic (exact) mass is 237 g/mol. The number of rotatable bonds is 3. The highest BCUT2D eigenvalue weighted by atomic mass is 16.4. The van der Waals surface area contributed by atoms with Crippen molar-refractivity contribution < 1.29 is 5.21 Å². The number of amidine groups is 1. The SMILES string of the molecule is CC(C)(C)CCn1cccc(/C(N)=N/O)c1=O. The van der Waals surface area contributed by atoms with Gasteiger partial charge in [-0.1, -0.05) is 25.9 Å². The fourth-order valence-electron chi connectivity index (χ4n) is 1.42. The maximum absolute atomic E-state index is 12.0. The number of aryl methyl sites for hydroxylation is 1. The molecule has 0 fully saturated rings. The first-order valence-electron chi connectivity index (χ1n) is 5.52. The van der Waals surface area contributed by atoms with E-state index < -0.39 is 0 Å². The number of hydrogen-bond acceptors (Lipinski definition) is 3. The van der Waals surface area contributed by atoms with E-state index in [-0.39, 0.29) is 22.4 Å². The summed E-state index contributed by atoms with van der Waals surface area (Å²) in [6.45, 7) is 6.97. The van der Waals surface area contributed by atoms with Gasteiger partial charge in [0.1, 0.15) is 0 Å². The quantitative estimate of drug-likeness (QED) is 0.360. The van der Waals surface area contributed by atoms with Crippen LogP contribution >= 0.6 is 0 Å². The topological polar surface area (TPSA) is 80.6 Å². The molecule has 0 aromatic carbocycles. The van der Waals surface area contributed by atoms with Crippen LogP contribution in [0.2, 0.25) is 0 Å². The predicted molar refractivity (Wildman–Crippen MR) is 67.3 cm³/mol. The minimum Gasteiger partial charge on any atom is -0.409 e. The van der Waals surface area contributed by atoms with Gasteiger partial charge in [-0.25, -0.2) is 0 Å². The molecule has 0 saturated carbocycles. The zero-order chi connectivity index (χ0) is 13.1. The van der Waals surface area contributed by atoms with Crippen LogP contribution in [-0.2, 0) is 6.54 Å². The van der Waals surface area contributed by atoms with E-state index in [1.54, 1.807) is 22.9 Å². The zero-order valence-corrected chi connectivity index (χ0v) is 10.5. The second-order valence-corrected chi connectivity index (χ2v) is 5.22. The number of hydrogen-bond donors (Lipinski definition) is 2. The Balaban J connectivity index is 3.00. The maximum Gasteiger partial charge on any atom is 0.261 e. The third-order valence-electron chi connectivity index (χ3n) is 2.51. The molecule has 0 atom stereocenters. The van der Waals surface area contributed by atoms with E-state index >= 15 is 0 Å². The molecule has 0 amide bonds. The molecule has 0 radical (unpaired) electrons. The second-order valence-electron chi connectivity index (χ2n) is 5.22. The van der Waals surface area contributed by atoms with Crippen molar-refractivity contribution in [2.24, 2.45) is 16.3 Å². The van der Waals surface area contributed by atoms with Crippen LogP contribution in [0.5, 0.6) is 0 Å². The molecular weight excluding hydrogens is 218 g/mol. The molecule has 17 heavy (non-hydrogen) atoms. The van der Waals surface area contributed by atoms with E-state index in [2.05, 4.69) is 25.9 Å². The average molecular weight is 237 g/mol. The zero-order valence-electron chi connectivity index (χ0n) is 10.5. The summed E-state index contributed by atoms with van der Waals surface area (Å²) in [6.07, 6.45) is 2.59. The molecule has 5 nitrogen and oxygen atoms in total. The third-order valence-corrected chi connectivity index (χ3v) is 2.51. The van der Waals surface area contributed by atoms with E-state index in [1.165, 1.54) is 0 Å². The molecule has 0 unspecified atom stereocenters. The van der Waals surface area contributed by atoms with Crippen molar-refractivity contribution in [1.82, 2.24) is 4.57 Å². The summed E-state index contributed by atoms with van der Waals surface area (Å²) in [5.74, 6) is -0.153. The van der Waals surface area contributed by atoms with Crippen molar-refractivity contribution in [2.45, 2.75) is 33.7 Å². The summed E-state index contributed by atoms with van der Waals surface area (Å²) in [7, 11) is 0. The van der Waals surface area contributed by atoms with Crippen molar-refractivity contribution in [3.05, 3.63) is 34.2 Å². The first-order chi connectivity index (χ1) is 7.85. The minimum atomic E-state index is -0.230. The Labute approximate surface area is 101 Å². The summed E-state index contributed by atoms with van der Waals surface area (Å²) in [5, 5.41) is 11.4. The molecule has 0 saturated heterocycles. The van der Waals surface area contributed by atoms with E-state index in [0.717, 1.165) is 6.42 Å². The van der Waals surface area contributed by atoms with Gasteiger partial charge < -0.3 is 15.5 Å². The highest BCUT2D eigenvalue weighted by molar-refractivity contribution is 5.96. The van der Waals surface area contributed by atoms with Crippen LogP contribution in [0.15, 0.2) is 28.3 Å². The Morgan fingerprint density at radius 3 is 2.71 bits per heavy atom. The molecule has 94 valence electrons. The number of nitrogens with zero attached hydrogens (tertiary/aromatic N) is 2. The number of pyridine rings is 1. The molecule has 0 bridgehead atoms. The Hall–Kier alpha value is -1.78. The van der Waals surface area contributed by atoms with Gasteiger partial charge in [0.2, 0.25) is 0 Å². The lowest BCUT2D eigenvalue weighted by atomic mass is 9.92. The average Bonchev–Trinajstić information content (AvgIpc) is 2.25. The van der Waals surface area contributed by atoms with Gasteiger partial charge in [0.25, 0.3) is 5.56 Å². The summed E-state index contributed by atoms with van der Waals surface area (Å²) in [4.78, 5) is 12.0. The Morgan fingerprint density at radius 1 is 1.53 bits per heavy atom. The Kier molecular flexibility index (Phi) is 3.93. The van der Waals surface area contributed by atoms with E-state index in [4.69, 9.17) is 10.9 Å². The van der Waals surface area contributed by atoms with E-state index in [0.29, 0.717) is 6.54 Å². The molecule has 1 aromatic rings. The second kappa shape index (κ2) is 5.03. The third kappa shape index (κ3) is 3.62. The molecule has 0 spiro atoms. The van der Waals surface area contributed by atoms with Crippen LogP contribution in [0, 0.1) is 5.41 Å². The van der Waals surface area contributed by atoms with Crippen molar-refractivity contribution in [1.29, 1.82) is 0 Å². The van der Waals surface area contributed by atoms with Crippen molar-refractivity contribution in [2.75, 3.05) is 0 Å². The molecule has 0 aliphatic rings. The fraction of sp³-hybridized carbons (Fsp3) is 0.500. The fourth-order valence-corrected chi connectivity index (χ4v) is 1.42. The lowest BCUT2D eigenvalue weighted by Crippen LogP contribution is -2.30. The van der Waals surface area contributed by atoms with Gasteiger partial charge in [0, 0.05) is 12.7 Å². The Morgan fingerprint density at radius 2 is 2.18 bits per heavy atom. The first kappa shape index (κ1) is 13.3. The molecule has 1 aromatic heterocycles. The van der Waals surface area contributed by atoms with Crippen LogP contribution in [-0.4, -0.2) is 15.6 Å². The normalized spacial score (nSPS) is 12.8. The highest BCUT2D eigenvalue weighted by Crippen LogP contribution is 2.18. The largest absolute Gasteiger partial charge is 0.409 e. The molecule has 1 rings (SSSR count). The van der Waals surface area contributed by atoms with Crippen molar-refractivity contribution in [3.8, 4) is 0 Å². The summed E-state index contributed by atoms with van der Waals surface area (Å²) >= 11 is 0. The van der Waals surface area contributed by atoms with Gasteiger partial charge in [-0.2, -0.15) is 0 Å². The van der Waals surface area contributed by atoms with Crippen LogP contribution < -0.4 is 11.3 Å². The van der Waals surface area contributed by atoms with Gasteiger partial charge in [-0.05, 0) is 24.0 Å². The first-order valence-corrected chi connectivity index (χ1v) is 5.52. The maximum atomic E-state index is 12.0. The van der Waals surface area contributed by atoms with Crippen molar-refractivity contribution in [3.63, 3.8) is 0 Å². The van der Waals surface area contributed by atoms with Gasteiger partial charge in [0.05, 0.1) is 5.56 Å². The number of nitrogens with two attached hydrogens (primary N) is 1. The standard InChI is InChI=1S/C12H19N3O2/c1-12(2,3)6-8-15-7-4-5-9(11(15)16)10(13)14-17/h4-5,7,17H,6,8H2,1-3H3,(H2,13,14). The molecule has 0 aliphatic heterocycles. The number of oxime groups is 1. The lowest BCUT2D eigenvalue weighted by Gasteiger charge is -2.18. The summed E-state index contributed by atoms with van der Waals surface area (Å²) in [5.41, 5.74) is 5.59. The van der Waals surface area contributed by atoms with Crippen LogP contribution in [0.25, 0.3) is 0 Å². The van der Waals surface area contributed by atoms with Gasteiger partial charge in [-0.15, -0.1) is 0 Å². The van der Waals surface area contributed by atoms with Crippen LogP contribution in [0.4, 0.5) is 0 Å². The van der Waals surface area contributed by atoms with Gasteiger partial charge >= 0.3 is 0 Å². The lowest BCUT2D eigenvalue weighted by molar-refractivity contribution is 0.318. The molecule has 5 heteroatoms. The molecule has 0 aliphatic carbocycles. The molecular formula is C12H19N3O2. The number of aromatic nitrogens is 1. The smallest absolute Gasteiger partial charge is 0.261 e. The van der Waals surface area contributed by atoms with Gasteiger partial charge in [0.15, 0.2) is 5.84 Å². The van der Waals surface area contributed by atoms with Crippen LogP contribution in [0.1, 0.15) is 32.8 Å². The minimum absolute atomic E-state index is 0.153. The van der Waals surface area contributed by atoms with Crippen LogP contribution in [0.3, 0.4) is 0 Å². The highest BCUT2D eigenvalue weighted by Gasteiger charge is 2.12. The molecule has 3 N–H and O–H groups in total. The summed E-state index contributed by atoms with van der Waals surface area (Å²) < 4.78 is 1.58. The van der Waals surface area contributed by atoms with Gasteiger partial charge in [-0.3, -0.25) is 4.79 Å². The molecule has 1 heterocycles. The van der Waals surface area contributed by atoms with Crippen molar-refractivity contribution >= 4 is 5.84 Å². The van der Waals surface area contributed by atoms with E-state index in [1.807, 2.05) is 0 Å². The Bertz CT molecular complexity index is 469. The van der Waals surface area contributed by atoms with E-state index in [9.17, 15) is 4.79 Å². The predicted octanol–water partition coefficient (Wildman–Crippen LogP) is 1.38. The summed E-state index contributed by atoms with van der Waals surface area (Å²) in [6, 6.07) is 3.27.